The summed E-state index contributed by atoms with van der Waals surface area (Å²) in [5.74, 6) is 0.549. The summed E-state index contributed by atoms with van der Waals surface area (Å²) in [7, 11) is 0. The third-order valence-electron chi connectivity index (χ3n) is 3.39. The van der Waals surface area contributed by atoms with E-state index < -0.39 is 0 Å². The molecule has 0 saturated heterocycles. The fourth-order valence-corrected chi connectivity index (χ4v) is 2.38. The lowest BCUT2D eigenvalue weighted by Crippen LogP contribution is -1.85. The Hall–Kier alpha value is -1.76. The fourth-order valence-electron chi connectivity index (χ4n) is 2.38. The van der Waals surface area contributed by atoms with E-state index in [0.717, 1.165) is 11.2 Å². The van der Waals surface area contributed by atoms with Crippen LogP contribution < -0.4 is 0 Å². The molecule has 17 heavy (non-hydrogen) atoms. The molecule has 0 amide bonds. The molecule has 0 aliphatic heterocycles. The number of hydrogen-bond donors (Lipinski definition) is 0. The van der Waals surface area contributed by atoms with Crippen molar-refractivity contribution in [2.75, 3.05) is 0 Å². The number of aryl methyl sites for hydroxylation is 1. The molecule has 1 heterocycles. The van der Waals surface area contributed by atoms with Crippen molar-refractivity contribution in [2.45, 2.75) is 26.7 Å². The average molecular weight is 224 g/mol. The first-order valence-electron chi connectivity index (χ1n) is 6.08. The Morgan fingerprint density at radius 3 is 2.59 bits per heavy atom. The first-order valence-corrected chi connectivity index (χ1v) is 6.08. The summed E-state index contributed by atoms with van der Waals surface area (Å²) in [5.41, 5.74) is 4.62. The van der Waals surface area contributed by atoms with E-state index in [1.165, 1.54) is 21.9 Å². The van der Waals surface area contributed by atoms with Crippen LogP contribution in [0, 0.1) is 6.92 Å². The van der Waals surface area contributed by atoms with Crippen LogP contribution in [0.3, 0.4) is 0 Å². The molecule has 0 aliphatic carbocycles. The van der Waals surface area contributed by atoms with E-state index in [1.807, 2.05) is 12.1 Å². The minimum atomic E-state index is 0.549. The van der Waals surface area contributed by atoms with Gasteiger partial charge in [0, 0.05) is 10.8 Å². The Morgan fingerprint density at radius 2 is 1.82 bits per heavy atom. The standard InChI is InChI=1S/C16H16O/c1-10(2)12-7-8-14-13(9-12)16-11(3)5-4-6-15(16)17-14/h4-10H,1-3H3. The summed E-state index contributed by atoms with van der Waals surface area (Å²) in [6.45, 7) is 6.58. The summed E-state index contributed by atoms with van der Waals surface area (Å²) in [4.78, 5) is 0. The van der Waals surface area contributed by atoms with E-state index in [9.17, 15) is 0 Å². The number of rotatable bonds is 1. The highest BCUT2D eigenvalue weighted by Gasteiger charge is 2.10. The second-order valence-corrected chi connectivity index (χ2v) is 4.96. The third kappa shape index (κ3) is 1.54. The van der Waals surface area contributed by atoms with Gasteiger partial charge in [0.1, 0.15) is 11.2 Å². The van der Waals surface area contributed by atoms with Crippen molar-refractivity contribution in [3.05, 3.63) is 47.5 Å². The van der Waals surface area contributed by atoms with Crippen molar-refractivity contribution >= 4 is 21.9 Å². The number of fused-ring (bicyclic) bond motifs is 3. The maximum Gasteiger partial charge on any atom is 0.135 e. The minimum absolute atomic E-state index is 0.549. The zero-order valence-corrected chi connectivity index (χ0v) is 10.4. The quantitative estimate of drug-likeness (QED) is 0.565. The molecule has 0 radical (unpaired) electrons. The molecule has 0 aliphatic rings. The Balaban J connectivity index is 2.44. The van der Waals surface area contributed by atoms with Gasteiger partial charge in [-0.3, -0.25) is 0 Å². The van der Waals surface area contributed by atoms with E-state index in [2.05, 4.69) is 45.0 Å². The van der Waals surface area contributed by atoms with Crippen LogP contribution >= 0.6 is 0 Å². The molecule has 86 valence electrons. The molecule has 3 aromatic rings. The van der Waals surface area contributed by atoms with Crippen molar-refractivity contribution < 1.29 is 4.42 Å². The lowest BCUT2D eigenvalue weighted by molar-refractivity contribution is 0.668. The van der Waals surface area contributed by atoms with Gasteiger partial charge in [-0.1, -0.05) is 32.0 Å². The molecular weight excluding hydrogens is 208 g/mol. The van der Waals surface area contributed by atoms with Gasteiger partial charge < -0.3 is 4.42 Å². The Kier molecular flexibility index (Phi) is 2.22. The van der Waals surface area contributed by atoms with Gasteiger partial charge in [0.2, 0.25) is 0 Å². The van der Waals surface area contributed by atoms with Crippen molar-refractivity contribution in [1.29, 1.82) is 0 Å². The van der Waals surface area contributed by atoms with Gasteiger partial charge in [0.05, 0.1) is 0 Å². The normalized spacial score (nSPS) is 11.8. The third-order valence-corrected chi connectivity index (χ3v) is 3.39. The molecular formula is C16H16O. The maximum absolute atomic E-state index is 5.87. The van der Waals surface area contributed by atoms with E-state index >= 15 is 0 Å². The molecule has 1 nitrogen and oxygen atoms in total. The van der Waals surface area contributed by atoms with Gasteiger partial charge in [0.25, 0.3) is 0 Å². The first kappa shape index (κ1) is 10.4. The zero-order chi connectivity index (χ0) is 12.0. The van der Waals surface area contributed by atoms with Crippen molar-refractivity contribution in [3.63, 3.8) is 0 Å². The second kappa shape index (κ2) is 3.63. The number of benzene rings is 2. The van der Waals surface area contributed by atoms with Gasteiger partial charge >= 0.3 is 0 Å². The van der Waals surface area contributed by atoms with Gasteiger partial charge in [-0.2, -0.15) is 0 Å². The predicted molar refractivity (Wildman–Crippen MR) is 72.5 cm³/mol. The molecule has 0 bridgehead atoms. The topological polar surface area (TPSA) is 13.1 Å². The molecule has 0 saturated carbocycles. The van der Waals surface area contributed by atoms with E-state index in [0.29, 0.717) is 5.92 Å². The molecule has 0 fully saturated rings. The Morgan fingerprint density at radius 1 is 1.00 bits per heavy atom. The highest BCUT2D eigenvalue weighted by molar-refractivity contribution is 6.06. The van der Waals surface area contributed by atoms with Crippen molar-refractivity contribution in [2.24, 2.45) is 0 Å². The van der Waals surface area contributed by atoms with Gasteiger partial charge in [-0.05, 0) is 42.2 Å². The molecule has 0 unspecified atom stereocenters. The van der Waals surface area contributed by atoms with Crippen LogP contribution in [0.2, 0.25) is 0 Å². The summed E-state index contributed by atoms with van der Waals surface area (Å²) in [5, 5.41) is 2.49. The van der Waals surface area contributed by atoms with E-state index in [-0.39, 0.29) is 0 Å². The average Bonchev–Trinajstić information content (AvgIpc) is 2.67. The highest BCUT2D eigenvalue weighted by atomic mass is 16.3. The Bertz CT molecular complexity index is 689. The first-order chi connectivity index (χ1) is 8.16. The Labute approximate surface area is 101 Å². The summed E-state index contributed by atoms with van der Waals surface area (Å²) in [6, 6.07) is 12.7. The van der Waals surface area contributed by atoms with Crippen LogP contribution in [-0.4, -0.2) is 0 Å². The van der Waals surface area contributed by atoms with Crippen LogP contribution in [0.25, 0.3) is 21.9 Å². The van der Waals surface area contributed by atoms with Gasteiger partial charge in [0.15, 0.2) is 0 Å². The number of furan rings is 1. The van der Waals surface area contributed by atoms with Gasteiger partial charge in [-0.25, -0.2) is 0 Å². The maximum atomic E-state index is 5.87. The highest BCUT2D eigenvalue weighted by Crippen LogP contribution is 2.32. The summed E-state index contributed by atoms with van der Waals surface area (Å²) in [6.07, 6.45) is 0. The van der Waals surface area contributed by atoms with Crippen LogP contribution in [0.4, 0.5) is 0 Å². The fraction of sp³-hybridized carbons (Fsp3) is 0.250. The van der Waals surface area contributed by atoms with E-state index in [1.54, 1.807) is 0 Å². The zero-order valence-electron chi connectivity index (χ0n) is 10.4. The summed E-state index contributed by atoms with van der Waals surface area (Å²) >= 11 is 0. The largest absolute Gasteiger partial charge is 0.456 e. The van der Waals surface area contributed by atoms with Crippen LogP contribution in [0.5, 0.6) is 0 Å². The molecule has 1 aromatic heterocycles. The molecule has 3 rings (SSSR count). The molecule has 0 N–H and O–H groups in total. The van der Waals surface area contributed by atoms with Crippen LogP contribution in [-0.2, 0) is 0 Å². The van der Waals surface area contributed by atoms with Crippen molar-refractivity contribution in [3.8, 4) is 0 Å². The van der Waals surface area contributed by atoms with Crippen LogP contribution in [0.15, 0.2) is 40.8 Å². The lowest BCUT2D eigenvalue weighted by Gasteiger charge is -2.04. The monoisotopic (exact) mass is 224 g/mol. The van der Waals surface area contributed by atoms with Crippen molar-refractivity contribution in [1.82, 2.24) is 0 Å². The molecule has 2 aromatic carbocycles. The smallest absolute Gasteiger partial charge is 0.135 e. The van der Waals surface area contributed by atoms with E-state index in [4.69, 9.17) is 4.42 Å². The molecule has 1 heteroatoms. The lowest BCUT2D eigenvalue weighted by atomic mass is 10.00. The van der Waals surface area contributed by atoms with Crippen LogP contribution in [0.1, 0.15) is 30.9 Å². The van der Waals surface area contributed by atoms with Gasteiger partial charge in [-0.15, -0.1) is 0 Å². The SMILES string of the molecule is Cc1cccc2oc3ccc(C(C)C)cc3c12. The second-order valence-electron chi connectivity index (χ2n) is 4.96. The molecule has 0 spiro atoms. The summed E-state index contributed by atoms with van der Waals surface area (Å²) < 4.78 is 5.87. The predicted octanol–water partition coefficient (Wildman–Crippen LogP) is 5.02. The number of hydrogen-bond acceptors (Lipinski definition) is 1. The molecule has 0 atom stereocenters. The minimum Gasteiger partial charge on any atom is -0.456 e.